The second kappa shape index (κ2) is 11.1. The number of carbonyl (C=O) groups excluding carboxylic acids is 1. The number of esters is 1. The van der Waals surface area contributed by atoms with Crippen molar-refractivity contribution in [3.8, 4) is 0 Å². The van der Waals surface area contributed by atoms with Gasteiger partial charge in [0.25, 0.3) is 0 Å². The maximum absolute atomic E-state index is 11.6. The highest BCUT2D eigenvalue weighted by molar-refractivity contribution is 7.10. The zero-order valence-electron chi connectivity index (χ0n) is 16.2. The Labute approximate surface area is 156 Å². The molecule has 0 saturated carbocycles. The van der Waals surface area contributed by atoms with E-state index in [9.17, 15) is 4.79 Å². The Morgan fingerprint density at radius 1 is 1.28 bits per heavy atom. The fourth-order valence-electron chi connectivity index (χ4n) is 2.36. The second-order valence-electron chi connectivity index (χ2n) is 7.13. The molecule has 1 aromatic rings. The minimum Gasteiger partial charge on any atom is -0.460 e. The van der Waals surface area contributed by atoms with Crippen LogP contribution < -0.4 is 10.6 Å². The standard InChI is InChI=1S/C19H33N3O2S/c1-15(16-11-10-14-25-16)22-18(20-5)21-13-9-7-6-8-12-17(23)24-19(2,3)4/h10-11,14-15H,6-9,12-13H2,1-5H3,(H2,20,21,22). The molecule has 1 rings (SSSR count). The summed E-state index contributed by atoms with van der Waals surface area (Å²) >= 11 is 1.74. The van der Waals surface area contributed by atoms with E-state index in [1.165, 1.54) is 4.88 Å². The van der Waals surface area contributed by atoms with E-state index >= 15 is 0 Å². The van der Waals surface area contributed by atoms with Crippen LogP contribution in [0.25, 0.3) is 0 Å². The van der Waals surface area contributed by atoms with E-state index in [4.69, 9.17) is 4.74 Å². The summed E-state index contributed by atoms with van der Waals surface area (Å²) in [6.45, 7) is 8.71. The fraction of sp³-hybridized carbons (Fsp3) is 0.684. The number of nitrogens with one attached hydrogen (secondary N) is 2. The first kappa shape index (κ1) is 21.5. The number of nitrogens with zero attached hydrogens (tertiary/aromatic N) is 1. The maximum Gasteiger partial charge on any atom is 0.306 e. The van der Waals surface area contributed by atoms with Gasteiger partial charge in [-0.15, -0.1) is 11.3 Å². The minimum atomic E-state index is -0.385. The topological polar surface area (TPSA) is 62.7 Å². The Kier molecular flexibility index (Phi) is 9.57. The number of aliphatic imine (C=N–C) groups is 1. The summed E-state index contributed by atoms with van der Waals surface area (Å²) in [6, 6.07) is 4.44. The lowest BCUT2D eigenvalue weighted by Crippen LogP contribution is -2.38. The Bertz CT molecular complexity index is 521. The van der Waals surface area contributed by atoms with E-state index in [1.54, 1.807) is 18.4 Å². The van der Waals surface area contributed by atoms with Crippen LogP contribution in [0.2, 0.25) is 0 Å². The van der Waals surface area contributed by atoms with Gasteiger partial charge in [0.2, 0.25) is 0 Å². The van der Waals surface area contributed by atoms with Crippen LogP contribution in [-0.2, 0) is 9.53 Å². The predicted molar refractivity (Wildman–Crippen MR) is 106 cm³/mol. The fourth-order valence-corrected chi connectivity index (χ4v) is 3.09. The van der Waals surface area contributed by atoms with Gasteiger partial charge in [0.1, 0.15) is 5.60 Å². The van der Waals surface area contributed by atoms with Crippen molar-refractivity contribution in [2.45, 2.75) is 71.4 Å². The highest BCUT2D eigenvalue weighted by atomic mass is 32.1. The number of rotatable bonds is 9. The zero-order valence-corrected chi connectivity index (χ0v) is 17.0. The summed E-state index contributed by atoms with van der Waals surface area (Å²) in [5.74, 6) is 0.729. The number of hydrogen-bond donors (Lipinski definition) is 2. The molecule has 0 aromatic carbocycles. The molecule has 0 bridgehead atoms. The van der Waals surface area contributed by atoms with Gasteiger partial charge >= 0.3 is 5.97 Å². The molecule has 1 aromatic heterocycles. The van der Waals surface area contributed by atoms with Crippen LogP contribution in [0.15, 0.2) is 22.5 Å². The molecule has 0 amide bonds. The van der Waals surface area contributed by atoms with Gasteiger partial charge in [0.05, 0.1) is 6.04 Å². The molecule has 142 valence electrons. The van der Waals surface area contributed by atoms with Crippen LogP contribution in [0, 0.1) is 0 Å². The molecule has 1 unspecified atom stereocenters. The Hall–Kier alpha value is -1.56. The number of thiophene rings is 1. The second-order valence-corrected chi connectivity index (χ2v) is 8.11. The molecular formula is C19H33N3O2S. The van der Waals surface area contributed by atoms with Gasteiger partial charge in [-0.05, 0) is 52.0 Å². The van der Waals surface area contributed by atoms with Gasteiger partial charge < -0.3 is 15.4 Å². The van der Waals surface area contributed by atoms with Crippen molar-refractivity contribution in [3.05, 3.63) is 22.4 Å². The summed E-state index contributed by atoms with van der Waals surface area (Å²) in [7, 11) is 1.79. The molecule has 0 aliphatic rings. The highest BCUT2D eigenvalue weighted by Gasteiger charge is 2.15. The normalized spacial score (nSPS) is 13.4. The van der Waals surface area contributed by atoms with Crippen LogP contribution in [0.3, 0.4) is 0 Å². The summed E-state index contributed by atoms with van der Waals surface area (Å²) < 4.78 is 5.30. The van der Waals surface area contributed by atoms with Crippen LogP contribution in [-0.4, -0.2) is 31.1 Å². The first-order chi connectivity index (χ1) is 11.8. The van der Waals surface area contributed by atoms with Crippen LogP contribution in [0.4, 0.5) is 0 Å². The van der Waals surface area contributed by atoms with Gasteiger partial charge in [-0.2, -0.15) is 0 Å². The number of hydrogen-bond acceptors (Lipinski definition) is 4. The van der Waals surface area contributed by atoms with Gasteiger partial charge in [0, 0.05) is 24.9 Å². The van der Waals surface area contributed by atoms with E-state index < -0.39 is 0 Å². The zero-order chi connectivity index (χ0) is 18.7. The Balaban J connectivity index is 2.09. The number of unbranched alkanes of at least 4 members (excludes halogenated alkanes) is 3. The first-order valence-corrected chi connectivity index (χ1v) is 9.92. The van der Waals surface area contributed by atoms with Crippen LogP contribution in [0.5, 0.6) is 0 Å². The summed E-state index contributed by atoms with van der Waals surface area (Å²) in [5, 5.41) is 8.83. The maximum atomic E-state index is 11.6. The third kappa shape index (κ3) is 10.1. The smallest absolute Gasteiger partial charge is 0.306 e. The number of ether oxygens (including phenoxy) is 1. The average molecular weight is 368 g/mol. The molecule has 0 radical (unpaired) electrons. The molecule has 5 nitrogen and oxygen atoms in total. The largest absolute Gasteiger partial charge is 0.460 e. The van der Waals surface area contributed by atoms with Crippen molar-refractivity contribution in [2.24, 2.45) is 4.99 Å². The summed E-state index contributed by atoms with van der Waals surface area (Å²) in [4.78, 5) is 17.2. The molecule has 0 fully saturated rings. The molecule has 2 N–H and O–H groups in total. The van der Waals surface area contributed by atoms with E-state index in [0.717, 1.165) is 38.2 Å². The molecule has 1 heterocycles. The van der Waals surface area contributed by atoms with Crippen molar-refractivity contribution < 1.29 is 9.53 Å². The van der Waals surface area contributed by atoms with Crippen molar-refractivity contribution in [3.63, 3.8) is 0 Å². The van der Waals surface area contributed by atoms with Crippen molar-refractivity contribution in [1.29, 1.82) is 0 Å². The van der Waals surface area contributed by atoms with Gasteiger partial charge in [-0.1, -0.05) is 18.9 Å². The first-order valence-electron chi connectivity index (χ1n) is 9.04. The molecule has 0 spiro atoms. The third-order valence-corrected chi connectivity index (χ3v) is 4.62. The average Bonchev–Trinajstić information content (AvgIpc) is 3.05. The lowest BCUT2D eigenvalue weighted by molar-refractivity contribution is -0.154. The van der Waals surface area contributed by atoms with Crippen LogP contribution >= 0.6 is 11.3 Å². The lowest BCUT2D eigenvalue weighted by Gasteiger charge is -2.19. The monoisotopic (exact) mass is 367 g/mol. The molecule has 6 heteroatoms. The van der Waals surface area contributed by atoms with E-state index in [2.05, 4.69) is 40.1 Å². The third-order valence-electron chi connectivity index (χ3n) is 3.57. The predicted octanol–water partition coefficient (Wildman–Crippen LogP) is 4.27. The van der Waals surface area contributed by atoms with Gasteiger partial charge in [-0.3, -0.25) is 9.79 Å². The van der Waals surface area contributed by atoms with Gasteiger partial charge in [-0.25, -0.2) is 0 Å². The molecule has 1 atom stereocenters. The Morgan fingerprint density at radius 2 is 2.00 bits per heavy atom. The van der Waals surface area contributed by atoms with Crippen molar-refractivity contribution in [1.82, 2.24) is 10.6 Å². The molecule has 0 aliphatic heterocycles. The molecular weight excluding hydrogens is 334 g/mol. The van der Waals surface area contributed by atoms with Crippen molar-refractivity contribution in [2.75, 3.05) is 13.6 Å². The molecule has 0 aliphatic carbocycles. The number of guanidine groups is 1. The molecule has 0 saturated heterocycles. The van der Waals surface area contributed by atoms with E-state index in [-0.39, 0.29) is 17.6 Å². The SMILES string of the molecule is CN=C(NCCCCCCC(=O)OC(C)(C)C)NC(C)c1cccs1. The quantitative estimate of drug-likeness (QED) is 0.296. The minimum absolute atomic E-state index is 0.0993. The lowest BCUT2D eigenvalue weighted by atomic mass is 10.1. The van der Waals surface area contributed by atoms with E-state index in [0.29, 0.717) is 6.42 Å². The van der Waals surface area contributed by atoms with Gasteiger partial charge in [0.15, 0.2) is 5.96 Å². The number of carbonyl (C=O) groups is 1. The van der Waals surface area contributed by atoms with Crippen molar-refractivity contribution >= 4 is 23.3 Å². The van der Waals surface area contributed by atoms with Crippen LogP contribution in [0.1, 0.15) is 70.7 Å². The Morgan fingerprint density at radius 3 is 2.60 bits per heavy atom. The summed E-state index contributed by atoms with van der Waals surface area (Å²) in [6.07, 6.45) is 4.58. The summed E-state index contributed by atoms with van der Waals surface area (Å²) in [5.41, 5.74) is -0.385. The molecule has 25 heavy (non-hydrogen) atoms. The highest BCUT2D eigenvalue weighted by Crippen LogP contribution is 2.17. The van der Waals surface area contributed by atoms with E-state index in [1.807, 2.05) is 20.8 Å².